The molecule has 1 aromatic carbocycles. The minimum absolute atomic E-state index is 0.0597. The molecule has 0 radical (unpaired) electrons. The Hall–Kier alpha value is -1.51. The zero-order valence-corrected chi connectivity index (χ0v) is 11.5. The summed E-state index contributed by atoms with van der Waals surface area (Å²) >= 11 is 0. The van der Waals surface area contributed by atoms with E-state index in [1.807, 2.05) is 31.2 Å². The van der Waals surface area contributed by atoms with Crippen LogP contribution in [0.3, 0.4) is 0 Å². The quantitative estimate of drug-likeness (QED) is 0.807. The summed E-state index contributed by atoms with van der Waals surface area (Å²) in [5, 5.41) is 2.91. The molecule has 3 nitrogen and oxygen atoms in total. The normalized spacial score (nSPS) is 11.9. The van der Waals surface area contributed by atoms with Crippen LogP contribution >= 0.6 is 0 Å². The number of aryl methyl sites for hydroxylation is 1. The molecule has 0 bridgehead atoms. The molecule has 0 saturated heterocycles. The third-order valence-corrected chi connectivity index (χ3v) is 2.83. The van der Waals surface area contributed by atoms with Crippen molar-refractivity contribution in [2.75, 3.05) is 6.61 Å². The summed E-state index contributed by atoms with van der Waals surface area (Å²) in [4.78, 5) is 11.6. The van der Waals surface area contributed by atoms with Gasteiger partial charge in [0, 0.05) is 6.04 Å². The van der Waals surface area contributed by atoms with Crippen LogP contribution in [-0.2, 0) is 11.2 Å². The van der Waals surface area contributed by atoms with Gasteiger partial charge in [-0.25, -0.2) is 0 Å². The number of benzene rings is 1. The molecule has 0 aliphatic carbocycles. The van der Waals surface area contributed by atoms with Crippen molar-refractivity contribution in [3.8, 4) is 5.75 Å². The first-order valence-electron chi connectivity index (χ1n) is 6.66. The SMILES string of the molecule is CCC[C@@H](C)NC(=O)COc1ccc(CC)cc1. The minimum Gasteiger partial charge on any atom is -0.484 e. The maximum Gasteiger partial charge on any atom is 0.258 e. The van der Waals surface area contributed by atoms with Crippen molar-refractivity contribution in [3.05, 3.63) is 29.8 Å². The van der Waals surface area contributed by atoms with E-state index in [0.29, 0.717) is 0 Å². The van der Waals surface area contributed by atoms with Gasteiger partial charge in [0.15, 0.2) is 6.61 Å². The van der Waals surface area contributed by atoms with Crippen molar-refractivity contribution in [1.29, 1.82) is 0 Å². The van der Waals surface area contributed by atoms with Crippen LogP contribution < -0.4 is 10.1 Å². The van der Waals surface area contributed by atoms with Crippen LogP contribution in [0.4, 0.5) is 0 Å². The van der Waals surface area contributed by atoms with E-state index in [1.165, 1.54) is 5.56 Å². The maximum atomic E-state index is 11.6. The third kappa shape index (κ3) is 5.21. The molecule has 3 heteroatoms. The molecule has 0 aliphatic heterocycles. The second-order valence-electron chi connectivity index (χ2n) is 4.54. The zero-order valence-electron chi connectivity index (χ0n) is 11.5. The lowest BCUT2D eigenvalue weighted by Gasteiger charge is -2.13. The van der Waals surface area contributed by atoms with Crippen molar-refractivity contribution >= 4 is 5.91 Å². The molecule has 1 amide bonds. The summed E-state index contributed by atoms with van der Waals surface area (Å²) < 4.78 is 5.43. The van der Waals surface area contributed by atoms with Gasteiger partial charge in [-0.2, -0.15) is 0 Å². The van der Waals surface area contributed by atoms with Gasteiger partial charge in [0.1, 0.15) is 5.75 Å². The van der Waals surface area contributed by atoms with Crippen molar-refractivity contribution in [1.82, 2.24) is 5.32 Å². The first-order chi connectivity index (χ1) is 8.65. The summed E-state index contributed by atoms with van der Waals surface area (Å²) in [6.07, 6.45) is 3.08. The number of ether oxygens (including phenoxy) is 1. The first-order valence-corrected chi connectivity index (χ1v) is 6.66. The van der Waals surface area contributed by atoms with Gasteiger partial charge >= 0.3 is 0 Å². The number of amides is 1. The molecular formula is C15H23NO2. The number of hydrogen-bond donors (Lipinski definition) is 1. The molecule has 0 unspecified atom stereocenters. The number of hydrogen-bond acceptors (Lipinski definition) is 2. The fraction of sp³-hybridized carbons (Fsp3) is 0.533. The van der Waals surface area contributed by atoms with Gasteiger partial charge in [-0.05, 0) is 37.5 Å². The van der Waals surface area contributed by atoms with E-state index < -0.39 is 0 Å². The molecule has 0 fully saturated rings. The Bertz CT molecular complexity index is 359. The second kappa shape index (κ2) is 7.75. The van der Waals surface area contributed by atoms with Crippen molar-refractivity contribution in [2.24, 2.45) is 0 Å². The van der Waals surface area contributed by atoms with Crippen LogP contribution in [0.25, 0.3) is 0 Å². The molecule has 1 N–H and O–H groups in total. The predicted octanol–water partition coefficient (Wildman–Crippen LogP) is 2.93. The number of rotatable bonds is 7. The number of nitrogens with one attached hydrogen (secondary N) is 1. The van der Waals surface area contributed by atoms with Gasteiger partial charge in [-0.3, -0.25) is 4.79 Å². The molecule has 0 saturated carbocycles. The lowest BCUT2D eigenvalue weighted by Crippen LogP contribution is -2.35. The van der Waals surface area contributed by atoms with Gasteiger partial charge in [0.05, 0.1) is 0 Å². The molecule has 1 atom stereocenters. The Labute approximate surface area is 110 Å². The Morgan fingerprint density at radius 1 is 1.28 bits per heavy atom. The van der Waals surface area contributed by atoms with Crippen LogP contribution in [0, 0.1) is 0 Å². The van der Waals surface area contributed by atoms with E-state index in [4.69, 9.17) is 4.74 Å². The average molecular weight is 249 g/mol. The fourth-order valence-electron chi connectivity index (χ4n) is 1.79. The highest BCUT2D eigenvalue weighted by atomic mass is 16.5. The van der Waals surface area contributed by atoms with Gasteiger partial charge in [-0.1, -0.05) is 32.4 Å². The average Bonchev–Trinajstić information content (AvgIpc) is 2.37. The third-order valence-electron chi connectivity index (χ3n) is 2.83. The van der Waals surface area contributed by atoms with Crippen LogP contribution in [0.5, 0.6) is 5.75 Å². The van der Waals surface area contributed by atoms with Crippen LogP contribution in [0.15, 0.2) is 24.3 Å². The zero-order chi connectivity index (χ0) is 13.4. The molecule has 1 aromatic rings. The lowest BCUT2D eigenvalue weighted by atomic mass is 10.2. The standard InChI is InChI=1S/C15H23NO2/c1-4-6-12(3)16-15(17)11-18-14-9-7-13(5-2)8-10-14/h7-10,12H,4-6,11H2,1-3H3,(H,16,17)/t12-/m1/s1. The Kier molecular flexibility index (Phi) is 6.26. The number of carbonyl (C=O) groups excluding carboxylic acids is 1. The molecule has 0 heterocycles. The fourth-order valence-corrected chi connectivity index (χ4v) is 1.79. The number of carbonyl (C=O) groups is 1. The predicted molar refractivity (Wildman–Crippen MR) is 73.8 cm³/mol. The Morgan fingerprint density at radius 2 is 1.94 bits per heavy atom. The molecule has 0 spiro atoms. The maximum absolute atomic E-state index is 11.6. The molecule has 0 aliphatic rings. The summed E-state index contributed by atoms with van der Waals surface area (Å²) in [5.41, 5.74) is 1.27. The van der Waals surface area contributed by atoms with Gasteiger partial charge < -0.3 is 10.1 Å². The van der Waals surface area contributed by atoms with Crippen LogP contribution in [0.2, 0.25) is 0 Å². The monoisotopic (exact) mass is 249 g/mol. The largest absolute Gasteiger partial charge is 0.484 e. The highest BCUT2D eigenvalue weighted by Gasteiger charge is 2.06. The van der Waals surface area contributed by atoms with Crippen molar-refractivity contribution in [3.63, 3.8) is 0 Å². The summed E-state index contributed by atoms with van der Waals surface area (Å²) in [5.74, 6) is 0.681. The second-order valence-corrected chi connectivity index (χ2v) is 4.54. The summed E-state index contributed by atoms with van der Waals surface area (Å²) in [6, 6.07) is 8.07. The topological polar surface area (TPSA) is 38.3 Å². The van der Waals surface area contributed by atoms with E-state index in [1.54, 1.807) is 0 Å². The van der Waals surface area contributed by atoms with E-state index in [9.17, 15) is 4.79 Å². The van der Waals surface area contributed by atoms with Crippen LogP contribution in [0.1, 0.15) is 39.2 Å². The van der Waals surface area contributed by atoms with Gasteiger partial charge in [0.2, 0.25) is 0 Å². The van der Waals surface area contributed by atoms with Crippen molar-refractivity contribution in [2.45, 2.75) is 46.1 Å². The van der Waals surface area contributed by atoms with Gasteiger partial charge in [-0.15, -0.1) is 0 Å². The summed E-state index contributed by atoms with van der Waals surface area (Å²) in [7, 11) is 0. The first kappa shape index (κ1) is 14.6. The summed E-state index contributed by atoms with van der Waals surface area (Å²) in [6.45, 7) is 6.31. The molecule has 1 rings (SSSR count). The lowest BCUT2D eigenvalue weighted by molar-refractivity contribution is -0.123. The minimum atomic E-state index is -0.0597. The molecule has 100 valence electrons. The Morgan fingerprint density at radius 3 is 2.50 bits per heavy atom. The van der Waals surface area contributed by atoms with Crippen molar-refractivity contribution < 1.29 is 9.53 Å². The van der Waals surface area contributed by atoms with E-state index in [-0.39, 0.29) is 18.6 Å². The van der Waals surface area contributed by atoms with E-state index >= 15 is 0 Å². The highest BCUT2D eigenvalue weighted by molar-refractivity contribution is 5.77. The van der Waals surface area contributed by atoms with E-state index in [2.05, 4.69) is 19.2 Å². The van der Waals surface area contributed by atoms with Gasteiger partial charge in [0.25, 0.3) is 5.91 Å². The molecule has 18 heavy (non-hydrogen) atoms. The smallest absolute Gasteiger partial charge is 0.258 e. The molecular weight excluding hydrogens is 226 g/mol. The van der Waals surface area contributed by atoms with Crippen LogP contribution in [-0.4, -0.2) is 18.6 Å². The molecule has 0 aromatic heterocycles. The highest BCUT2D eigenvalue weighted by Crippen LogP contribution is 2.12. The van der Waals surface area contributed by atoms with E-state index in [0.717, 1.165) is 25.0 Å². The Balaban J connectivity index is 2.33.